The molecule has 0 N–H and O–H groups in total. The number of rotatable bonds is 5. The zero-order chi connectivity index (χ0) is 16.1. The molecule has 0 radical (unpaired) electrons. The van der Waals surface area contributed by atoms with Crippen molar-refractivity contribution in [3.63, 3.8) is 0 Å². The molecule has 23 heavy (non-hydrogen) atoms. The van der Waals surface area contributed by atoms with Crippen molar-refractivity contribution < 1.29 is 4.79 Å². The minimum atomic E-state index is 0. The number of hydrogen-bond donors (Lipinski definition) is 0. The number of ketones is 1. The molecule has 0 aliphatic rings. The Bertz CT molecular complexity index is 696. The summed E-state index contributed by atoms with van der Waals surface area (Å²) in [6.45, 7) is 6.93. The molecule has 0 atom stereocenters. The van der Waals surface area contributed by atoms with Gasteiger partial charge in [0.05, 0.1) is 12.0 Å². The number of carbonyl (C=O) groups is 1. The fourth-order valence-corrected chi connectivity index (χ4v) is 2.17. The van der Waals surface area contributed by atoms with E-state index in [1.54, 1.807) is 0 Å². The number of halogens is 1. The lowest BCUT2D eigenvalue weighted by molar-refractivity contribution is 0.103. The lowest BCUT2D eigenvalue weighted by Gasteiger charge is -2.11. The van der Waals surface area contributed by atoms with Crippen molar-refractivity contribution in [1.82, 2.24) is 4.90 Å². The molecule has 0 fully saturated rings. The normalized spacial score (nSPS) is 10.4. The second-order valence-corrected chi connectivity index (χ2v) is 5.47. The fraction of sp³-hybridized carbons (Fsp3) is 0.263. The topological polar surface area (TPSA) is 32.7 Å². The summed E-state index contributed by atoms with van der Waals surface area (Å²) in [5.41, 5.74) is 4.32. The number of aliphatic imine (C=N–C) groups is 1. The quantitative estimate of drug-likeness (QED) is 0.457. The molecule has 0 aromatic heterocycles. The maximum atomic E-state index is 12.6. The molecule has 2 aromatic rings. The van der Waals surface area contributed by atoms with Crippen LogP contribution in [0.3, 0.4) is 0 Å². The first kappa shape index (κ1) is 18.9. The zero-order valence-corrected chi connectivity index (χ0v) is 14.9. The number of nitrogens with zero attached hydrogens (tertiary/aromatic N) is 2. The van der Waals surface area contributed by atoms with E-state index in [1.807, 2.05) is 74.6 Å². The molecule has 0 aliphatic carbocycles. The van der Waals surface area contributed by atoms with Gasteiger partial charge in [0.2, 0.25) is 0 Å². The van der Waals surface area contributed by atoms with Crippen LogP contribution < -0.4 is 0 Å². The number of aryl methyl sites for hydroxylation is 2. The minimum Gasteiger partial charge on any atom is -0.366 e. The van der Waals surface area contributed by atoms with Crippen LogP contribution in [0.2, 0.25) is 0 Å². The van der Waals surface area contributed by atoms with Crippen LogP contribution in [0.4, 0.5) is 5.69 Å². The van der Waals surface area contributed by atoms with Gasteiger partial charge in [0.15, 0.2) is 5.78 Å². The Hall–Kier alpha value is -2.13. The first-order valence-electron chi connectivity index (χ1n) is 7.48. The third kappa shape index (κ3) is 4.67. The molecule has 0 saturated heterocycles. The van der Waals surface area contributed by atoms with E-state index in [0.29, 0.717) is 5.56 Å². The third-order valence-electron chi connectivity index (χ3n) is 3.72. The largest absolute Gasteiger partial charge is 0.366 e. The standard InChI is InChI=1S/C19H22N2O.ClH/c1-5-21(4)13-20-18-12-14(2)17(11-15(18)3)19(22)16-9-7-6-8-10-16;/h6-13H,5H2,1-4H3;1H. The summed E-state index contributed by atoms with van der Waals surface area (Å²) in [4.78, 5) is 19.1. The van der Waals surface area contributed by atoms with E-state index < -0.39 is 0 Å². The van der Waals surface area contributed by atoms with Crippen LogP contribution in [-0.2, 0) is 0 Å². The lowest BCUT2D eigenvalue weighted by Crippen LogP contribution is -2.14. The van der Waals surface area contributed by atoms with Gasteiger partial charge < -0.3 is 4.90 Å². The molecule has 122 valence electrons. The van der Waals surface area contributed by atoms with Crippen LogP contribution in [0.1, 0.15) is 34.0 Å². The van der Waals surface area contributed by atoms with E-state index >= 15 is 0 Å². The minimum absolute atomic E-state index is 0. The Morgan fingerprint density at radius 2 is 1.78 bits per heavy atom. The maximum Gasteiger partial charge on any atom is 0.193 e. The average Bonchev–Trinajstić information content (AvgIpc) is 2.55. The summed E-state index contributed by atoms with van der Waals surface area (Å²) in [6, 6.07) is 13.3. The fourth-order valence-electron chi connectivity index (χ4n) is 2.17. The molecule has 2 aromatic carbocycles. The molecule has 0 saturated carbocycles. The van der Waals surface area contributed by atoms with Crippen molar-refractivity contribution in [3.05, 3.63) is 64.7 Å². The molecule has 2 rings (SSSR count). The molecular weight excluding hydrogens is 308 g/mol. The summed E-state index contributed by atoms with van der Waals surface area (Å²) in [6.07, 6.45) is 1.82. The van der Waals surface area contributed by atoms with Gasteiger partial charge in [-0.25, -0.2) is 4.99 Å². The van der Waals surface area contributed by atoms with Gasteiger partial charge in [-0.1, -0.05) is 30.3 Å². The van der Waals surface area contributed by atoms with Crippen LogP contribution in [-0.4, -0.2) is 30.6 Å². The van der Waals surface area contributed by atoms with Crippen molar-refractivity contribution in [2.24, 2.45) is 4.99 Å². The SMILES string of the molecule is CCN(C)C=Nc1cc(C)c(C(=O)c2ccccc2)cc1C.Cl. The highest BCUT2D eigenvalue weighted by Gasteiger charge is 2.13. The number of hydrogen-bond acceptors (Lipinski definition) is 2. The molecule has 4 heteroatoms. The van der Waals surface area contributed by atoms with Crippen molar-refractivity contribution in [1.29, 1.82) is 0 Å². The Kier molecular flexibility index (Phi) is 6.98. The van der Waals surface area contributed by atoms with E-state index in [-0.39, 0.29) is 18.2 Å². The Morgan fingerprint density at radius 3 is 2.39 bits per heavy atom. The van der Waals surface area contributed by atoms with E-state index in [4.69, 9.17) is 0 Å². The van der Waals surface area contributed by atoms with Gasteiger partial charge in [0.25, 0.3) is 0 Å². The lowest BCUT2D eigenvalue weighted by atomic mass is 9.96. The summed E-state index contributed by atoms with van der Waals surface area (Å²) in [5.74, 6) is 0.0578. The highest BCUT2D eigenvalue weighted by molar-refractivity contribution is 6.10. The van der Waals surface area contributed by atoms with Gasteiger partial charge in [-0.3, -0.25) is 4.79 Å². The highest BCUT2D eigenvalue weighted by atomic mass is 35.5. The zero-order valence-electron chi connectivity index (χ0n) is 14.0. The van der Waals surface area contributed by atoms with Crippen molar-refractivity contribution >= 4 is 30.2 Å². The van der Waals surface area contributed by atoms with Crippen LogP contribution in [0.5, 0.6) is 0 Å². The Balaban J connectivity index is 0.00000264. The highest BCUT2D eigenvalue weighted by Crippen LogP contribution is 2.25. The summed E-state index contributed by atoms with van der Waals surface area (Å²) >= 11 is 0. The van der Waals surface area contributed by atoms with E-state index in [2.05, 4.69) is 11.9 Å². The van der Waals surface area contributed by atoms with Crippen LogP contribution in [0.15, 0.2) is 47.5 Å². The second-order valence-electron chi connectivity index (χ2n) is 5.47. The molecular formula is C19H23ClN2O. The molecule has 0 heterocycles. The predicted octanol–water partition coefficient (Wildman–Crippen LogP) is 4.57. The average molecular weight is 331 g/mol. The van der Waals surface area contributed by atoms with Crippen LogP contribution >= 0.6 is 12.4 Å². The first-order valence-corrected chi connectivity index (χ1v) is 7.48. The second kappa shape index (κ2) is 8.49. The molecule has 0 aliphatic heterocycles. The van der Waals surface area contributed by atoms with Crippen molar-refractivity contribution in [2.75, 3.05) is 13.6 Å². The number of benzene rings is 2. The van der Waals surface area contributed by atoms with E-state index in [9.17, 15) is 4.79 Å². The van der Waals surface area contributed by atoms with Gasteiger partial charge in [-0.2, -0.15) is 0 Å². The van der Waals surface area contributed by atoms with Crippen LogP contribution in [0.25, 0.3) is 0 Å². The molecule has 0 bridgehead atoms. The van der Waals surface area contributed by atoms with Crippen molar-refractivity contribution in [2.45, 2.75) is 20.8 Å². The van der Waals surface area contributed by atoms with E-state index in [0.717, 1.165) is 28.9 Å². The molecule has 3 nitrogen and oxygen atoms in total. The van der Waals surface area contributed by atoms with E-state index in [1.165, 1.54) is 0 Å². The van der Waals surface area contributed by atoms with Gasteiger partial charge in [0, 0.05) is 24.7 Å². The Morgan fingerprint density at radius 1 is 1.13 bits per heavy atom. The van der Waals surface area contributed by atoms with Crippen LogP contribution in [0, 0.1) is 13.8 Å². The third-order valence-corrected chi connectivity index (χ3v) is 3.72. The van der Waals surface area contributed by atoms with Gasteiger partial charge in [-0.05, 0) is 44.0 Å². The van der Waals surface area contributed by atoms with Gasteiger partial charge >= 0.3 is 0 Å². The number of carbonyl (C=O) groups excluding carboxylic acids is 1. The smallest absolute Gasteiger partial charge is 0.193 e. The monoisotopic (exact) mass is 330 g/mol. The maximum absolute atomic E-state index is 12.6. The van der Waals surface area contributed by atoms with Crippen molar-refractivity contribution in [3.8, 4) is 0 Å². The first-order chi connectivity index (χ1) is 10.5. The summed E-state index contributed by atoms with van der Waals surface area (Å²) in [5, 5.41) is 0. The molecule has 0 spiro atoms. The predicted molar refractivity (Wildman–Crippen MR) is 99.5 cm³/mol. The molecule has 0 amide bonds. The summed E-state index contributed by atoms with van der Waals surface area (Å²) in [7, 11) is 1.99. The van der Waals surface area contributed by atoms with Gasteiger partial charge in [0.1, 0.15) is 0 Å². The molecule has 0 unspecified atom stereocenters. The Labute approximate surface area is 144 Å². The summed E-state index contributed by atoms with van der Waals surface area (Å²) < 4.78 is 0. The van der Waals surface area contributed by atoms with Gasteiger partial charge in [-0.15, -0.1) is 12.4 Å².